The molecule has 0 N–H and O–H groups in total. The lowest BCUT2D eigenvalue weighted by Gasteiger charge is -2.60. The zero-order chi connectivity index (χ0) is 22.8. The van der Waals surface area contributed by atoms with E-state index in [1.807, 2.05) is 11.2 Å². The summed E-state index contributed by atoms with van der Waals surface area (Å²) in [6.07, 6.45) is 4.52. The topological polar surface area (TPSA) is 50.6 Å². The quantitative estimate of drug-likeness (QED) is 0.663. The van der Waals surface area contributed by atoms with Crippen LogP contribution in [-0.2, 0) is 17.5 Å². The Morgan fingerprint density at radius 2 is 1.79 bits per heavy atom. The van der Waals surface area contributed by atoms with E-state index in [0.29, 0.717) is 30.6 Å². The first-order chi connectivity index (χ1) is 15.8. The highest BCUT2D eigenvalue weighted by Gasteiger charge is 2.55. The number of benzene rings is 1. The second kappa shape index (κ2) is 7.48. The van der Waals surface area contributed by atoms with Crippen molar-refractivity contribution >= 4 is 6.03 Å². The molecule has 0 radical (unpaired) electrons. The number of alkyl halides is 3. The summed E-state index contributed by atoms with van der Waals surface area (Å²) in [6, 6.07) is 5.59. The van der Waals surface area contributed by atoms with Crippen molar-refractivity contribution in [1.82, 2.24) is 19.4 Å². The minimum absolute atomic E-state index is 0.0668. The summed E-state index contributed by atoms with van der Waals surface area (Å²) in [7, 11) is 0. The molecule has 1 spiro atoms. The molecule has 3 heterocycles. The van der Waals surface area contributed by atoms with E-state index < -0.39 is 11.7 Å². The molecule has 2 aliphatic heterocycles. The SMILES string of the molecule is O=C(N1CC(OCc2ccc(C(F)(F)F)cc2)C1)N1CC2(CC(n3cnc(C4CC4)c3)C2)C1. The van der Waals surface area contributed by atoms with Crippen molar-refractivity contribution in [3.8, 4) is 0 Å². The Balaban J connectivity index is 0.908. The number of rotatable bonds is 5. The van der Waals surface area contributed by atoms with E-state index in [4.69, 9.17) is 4.74 Å². The zero-order valence-corrected chi connectivity index (χ0v) is 18.3. The third kappa shape index (κ3) is 4.00. The van der Waals surface area contributed by atoms with Crippen molar-refractivity contribution in [3.05, 3.63) is 53.6 Å². The predicted octanol–water partition coefficient (Wildman–Crippen LogP) is 4.44. The van der Waals surface area contributed by atoms with Crippen molar-refractivity contribution in [2.24, 2.45) is 5.41 Å². The number of ether oxygens (including phenoxy) is 1. The molecule has 33 heavy (non-hydrogen) atoms. The summed E-state index contributed by atoms with van der Waals surface area (Å²) < 4.78 is 45.9. The van der Waals surface area contributed by atoms with Gasteiger partial charge in [0.1, 0.15) is 0 Å². The number of halogens is 3. The summed E-state index contributed by atoms with van der Waals surface area (Å²) in [5, 5.41) is 0. The molecule has 2 aliphatic carbocycles. The number of nitrogens with zero attached hydrogens (tertiary/aromatic N) is 4. The second-order valence-electron chi connectivity index (χ2n) is 10.3. The van der Waals surface area contributed by atoms with Crippen LogP contribution in [-0.4, -0.2) is 57.7 Å². The van der Waals surface area contributed by atoms with Gasteiger partial charge in [0.25, 0.3) is 0 Å². The highest BCUT2D eigenvalue weighted by atomic mass is 19.4. The van der Waals surface area contributed by atoms with Crippen LogP contribution >= 0.6 is 0 Å². The lowest BCUT2D eigenvalue weighted by atomic mass is 9.60. The number of imidazole rings is 1. The van der Waals surface area contributed by atoms with E-state index in [-0.39, 0.29) is 24.2 Å². The van der Waals surface area contributed by atoms with E-state index in [2.05, 4.69) is 15.7 Å². The average molecular weight is 461 g/mol. The van der Waals surface area contributed by atoms with Crippen molar-refractivity contribution in [2.75, 3.05) is 26.2 Å². The van der Waals surface area contributed by atoms with Crippen molar-refractivity contribution in [1.29, 1.82) is 0 Å². The monoisotopic (exact) mass is 460 g/mol. The number of carbonyl (C=O) groups is 1. The predicted molar refractivity (Wildman–Crippen MR) is 113 cm³/mol. The molecule has 4 fully saturated rings. The molecule has 2 amide bonds. The zero-order valence-electron chi connectivity index (χ0n) is 18.3. The van der Waals surface area contributed by atoms with E-state index in [1.54, 1.807) is 4.90 Å². The van der Waals surface area contributed by atoms with Crippen LogP contribution in [0.15, 0.2) is 36.8 Å². The minimum atomic E-state index is -4.33. The van der Waals surface area contributed by atoms with Crippen molar-refractivity contribution in [2.45, 2.75) is 56.5 Å². The molecule has 1 aromatic heterocycles. The molecule has 9 heteroatoms. The number of hydrogen-bond acceptors (Lipinski definition) is 3. The van der Waals surface area contributed by atoms with Gasteiger partial charge in [-0.15, -0.1) is 0 Å². The number of urea groups is 1. The van der Waals surface area contributed by atoms with Gasteiger partial charge < -0.3 is 19.1 Å². The first-order valence-corrected chi connectivity index (χ1v) is 11.6. The van der Waals surface area contributed by atoms with E-state index in [0.717, 1.165) is 38.1 Å². The van der Waals surface area contributed by atoms with Gasteiger partial charge in [-0.2, -0.15) is 13.2 Å². The highest BCUT2D eigenvalue weighted by molar-refractivity contribution is 5.76. The fraction of sp³-hybridized carbons (Fsp3) is 0.583. The van der Waals surface area contributed by atoms with Crippen LogP contribution in [0.3, 0.4) is 0 Å². The van der Waals surface area contributed by atoms with Gasteiger partial charge >= 0.3 is 12.2 Å². The lowest BCUT2D eigenvalue weighted by Crippen LogP contribution is -2.68. The smallest absolute Gasteiger partial charge is 0.370 e. The van der Waals surface area contributed by atoms with Gasteiger partial charge in [0.2, 0.25) is 0 Å². The molecule has 2 aromatic rings. The Morgan fingerprint density at radius 1 is 1.09 bits per heavy atom. The van der Waals surface area contributed by atoms with Crippen molar-refractivity contribution in [3.63, 3.8) is 0 Å². The third-order valence-corrected chi connectivity index (χ3v) is 7.58. The highest BCUT2D eigenvalue weighted by Crippen LogP contribution is 2.54. The minimum Gasteiger partial charge on any atom is -0.370 e. The number of likely N-dealkylation sites (tertiary alicyclic amines) is 2. The van der Waals surface area contributed by atoms with E-state index in [9.17, 15) is 18.0 Å². The molecule has 6 nitrogen and oxygen atoms in total. The number of amides is 2. The molecule has 1 aromatic carbocycles. The van der Waals surface area contributed by atoms with Gasteiger partial charge in [-0.05, 0) is 43.4 Å². The van der Waals surface area contributed by atoms with Crippen LogP contribution in [0.4, 0.5) is 18.0 Å². The van der Waals surface area contributed by atoms with Gasteiger partial charge in [-0.1, -0.05) is 12.1 Å². The van der Waals surface area contributed by atoms with E-state index >= 15 is 0 Å². The molecular formula is C24H27F3N4O2. The molecule has 6 rings (SSSR count). The van der Waals surface area contributed by atoms with Gasteiger partial charge in [0, 0.05) is 36.7 Å². The Morgan fingerprint density at radius 3 is 2.42 bits per heavy atom. The lowest BCUT2D eigenvalue weighted by molar-refractivity contribution is -0.137. The van der Waals surface area contributed by atoms with Crippen molar-refractivity contribution < 1.29 is 22.7 Å². The van der Waals surface area contributed by atoms with Crippen LogP contribution in [0.25, 0.3) is 0 Å². The van der Waals surface area contributed by atoms with Gasteiger partial charge in [-0.25, -0.2) is 9.78 Å². The maximum absolute atomic E-state index is 12.7. The van der Waals surface area contributed by atoms with Gasteiger partial charge in [0.05, 0.1) is 43.4 Å². The summed E-state index contributed by atoms with van der Waals surface area (Å²) in [4.78, 5) is 21.0. The molecule has 2 saturated carbocycles. The molecule has 0 unspecified atom stereocenters. The molecule has 0 atom stereocenters. The largest absolute Gasteiger partial charge is 0.416 e. The standard InChI is InChI=1S/C24H27F3N4O2/c25-24(26,27)18-5-1-16(2-6-18)12-33-20-9-29(10-20)22(32)31-13-23(14-31)7-19(8-23)30-11-21(28-15-30)17-3-4-17/h1-2,5-6,11,15,17,19-20H,3-4,7-10,12-14H2. The van der Waals surface area contributed by atoms with Crippen LogP contribution in [0.1, 0.15) is 54.5 Å². The first-order valence-electron chi connectivity index (χ1n) is 11.6. The van der Waals surface area contributed by atoms with Gasteiger partial charge in [-0.3, -0.25) is 0 Å². The maximum Gasteiger partial charge on any atom is 0.416 e. The fourth-order valence-corrected chi connectivity index (χ4v) is 5.35. The van der Waals surface area contributed by atoms with Crippen LogP contribution < -0.4 is 0 Å². The van der Waals surface area contributed by atoms with Crippen LogP contribution in [0.2, 0.25) is 0 Å². The molecule has 176 valence electrons. The fourth-order valence-electron chi connectivity index (χ4n) is 5.35. The molecule has 0 bridgehead atoms. The second-order valence-corrected chi connectivity index (χ2v) is 10.3. The summed E-state index contributed by atoms with van der Waals surface area (Å²) >= 11 is 0. The van der Waals surface area contributed by atoms with Gasteiger partial charge in [0.15, 0.2) is 0 Å². The van der Waals surface area contributed by atoms with Crippen LogP contribution in [0.5, 0.6) is 0 Å². The third-order valence-electron chi connectivity index (χ3n) is 7.58. The Kier molecular flexibility index (Phi) is 4.76. The number of aromatic nitrogens is 2. The average Bonchev–Trinajstić information content (AvgIpc) is 3.42. The molecular weight excluding hydrogens is 433 g/mol. The number of hydrogen-bond donors (Lipinski definition) is 0. The van der Waals surface area contributed by atoms with Crippen LogP contribution in [0, 0.1) is 5.41 Å². The first kappa shape index (κ1) is 21.0. The summed E-state index contributed by atoms with van der Waals surface area (Å²) in [5.74, 6) is 0.677. The van der Waals surface area contributed by atoms with E-state index in [1.165, 1.54) is 30.7 Å². The maximum atomic E-state index is 12.7. The Labute approximate surface area is 190 Å². The Bertz CT molecular complexity index is 1030. The summed E-state index contributed by atoms with van der Waals surface area (Å²) in [6.45, 7) is 2.95. The molecule has 4 aliphatic rings. The normalized spacial score (nSPS) is 22.8. The Hall–Kier alpha value is -2.55. The molecule has 2 saturated heterocycles. The number of carbonyl (C=O) groups excluding carboxylic acids is 1. The summed E-state index contributed by atoms with van der Waals surface area (Å²) in [5.41, 5.74) is 1.53.